The maximum absolute atomic E-state index is 9.51. The Balaban J connectivity index is 1.55. The molecular formula is C29H23BN2O2. The normalized spacial score (nSPS) is 11.3. The van der Waals surface area contributed by atoms with Gasteiger partial charge in [-0.05, 0) is 59.1 Å². The second kappa shape index (κ2) is 11.0. The molecule has 0 fully saturated rings. The van der Waals surface area contributed by atoms with E-state index in [4.69, 9.17) is 0 Å². The topological polar surface area (TPSA) is 67.5 Å². The second-order valence-electron chi connectivity index (χ2n) is 7.64. The minimum absolute atomic E-state index is 0.386. The molecule has 0 atom stereocenters. The average Bonchev–Trinajstić information content (AvgIpc) is 2.89. The molecule has 0 bridgehead atoms. The first kappa shape index (κ1) is 22.8. The first-order chi connectivity index (χ1) is 16.7. The number of anilines is 3. The van der Waals surface area contributed by atoms with Gasteiger partial charge in [-0.3, -0.25) is 0 Å². The summed E-state index contributed by atoms with van der Waals surface area (Å²) in [4.78, 5) is 2.20. The molecule has 0 saturated carbocycles. The molecule has 164 valence electrons. The lowest BCUT2D eigenvalue weighted by Crippen LogP contribution is -2.29. The van der Waals surface area contributed by atoms with Gasteiger partial charge in [0.1, 0.15) is 0 Å². The number of nitrogens with zero attached hydrogens (tertiary/aromatic N) is 2. The summed E-state index contributed by atoms with van der Waals surface area (Å²) in [5.74, 6) is 0. The van der Waals surface area contributed by atoms with Crippen LogP contribution in [0.3, 0.4) is 0 Å². The third-order valence-electron chi connectivity index (χ3n) is 5.37. The lowest BCUT2D eigenvalue weighted by molar-refractivity contribution is 0.426. The molecule has 4 rings (SSSR count). The predicted octanol–water partition coefficient (Wildman–Crippen LogP) is 5.46. The molecule has 4 aromatic carbocycles. The summed E-state index contributed by atoms with van der Waals surface area (Å²) >= 11 is 0. The summed E-state index contributed by atoms with van der Waals surface area (Å²) in [6.07, 6.45) is 5.54. The van der Waals surface area contributed by atoms with Gasteiger partial charge >= 0.3 is 7.12 Å². The summed E-state index contributed by atoms with van der Waals surface area (Å²) in [6, 6.07) is 37.5. The zero-order chi connectivity index (χ0) is 23.8. The van der Waals surface area contributed by atoms with Gasteiger partial charge in [-0.25, -0.2) is 0 Å². The van der Waals surface area contributed by atoms with Gasteiger partial charge in [-0.15, -0.1) is 0 Å². The molecule has 0 aliphatic carbocycles. The second-order valence-corrected chi connectivity index (χ2v) is 7.64. The van der Waals surface area contributed by atoms with Crippen molar-refractivity contribution < 1.29 is 10.0 Å². The molecular weight excluding hydrogens is 419 g/mol. The highest BCUT2D eigenvalue weighted by atomic mass is 16.4. The lowest BCUT2D eigenvalue weighted by atomic mass is 9.80. The fraction of sp³-hybridized carbons (Fsp3) is 0. The Morgan fingerprint density at radius 2 is 1.24 bits per heavy atom. The van der Waals surface area contributed by atoms with E-state index in [0.717, 1.165) is 22.6 Å². The fourth-order valence-electron chi connectivity index (χ4n) is 3.62. The van der Waals surface area contributed by atoms with E-state index >= 15 is 0 Å². The molecule has 2 N–H and O–H groups in total. The van der Waals surface area contributed by atoms with Gasteiger partial charge < -0.3 is 14.9 Å². The molecule has 0 spiro atoms. The van der Waals surface area contributed by atoms with E-state index in [2.05, 4.69) is 47.4 Å². The van der Waals surface area contributed by atoms with Crippen molar-refractivity contribution in [2.24, 2.45) is 0 Å². The van der Waals surface area contributed by atoms with E-state index in [1.54, 1.807) is 30.3 Å². The minimum Gasteiger partial charge on any atom is -0.423 e. The van der Waals surface area contributed by atoms with Crippen LogP contribution in [0, 0.1) is 11.3 Å². The van der Waals surface area contributed by atoms with Crippen molar-refractivity contribution in [3.8, 4) is 6.07 Å². The number of hydrogen-bond acceptors (Lipinski definition) is 4. The Morgan fingerprint density at radius 3 is 1.74 bits per heavy atom. The summed E-state index contributed by atoms with van der Waals surface area (Å²) in [6.45, 7) is 0. The molecule has 0 amide bonds. The first-order valence-corrected chi connectivity index (χ1v) is 10.9. The van der Waals surface area contributed by atoms with Gasteiger partial charge in [-0.2, -0.15) is 5.26 Å². The summed E-state index contributed by atoms with van der Waals surface area (Å²) in [7, 11) is -1.52. The molecule has 4 nitrogen and oxygen atoms in total. The summed E-state index contributed by atoms with van der Waals surface area (Å²) in [5.41, 5.74) is 5.82. The SMILES string of the molecule is N#CC(=CC=Cc1ccc(N(c2ccccc2)c2ccccc2)cc1)c1ccc(B(O)O)cc1. The van der Waals surface area contributed by atoms with Gasteiger partial charge in [-0.1, -0.05) is 84.9 Å². The molecule has 5 heteroatoms. The van der Waals surface area contributed by atoms with Crippen LogP contribution < -0.4 is 10.4 Å². The van der Waals surface area contributed by atoms with E-state index in [-0.39, 0.29) is 0 Å². The number of benzene rings is 4. The van der Waals surface area contributed by atoms with Gasteiger partial charge in [0.2, 0.25) is 0 Å². The molecule has 34 heavy (non-hydrogen) atoms. The van der Waals surface area contributed by atoms with E-state index < -0.39 is 7.12 Å². The summed E-state index contributed by atoms with van der Waals surface area (Å²) in [5, 5.41) is 28.0. The fourth-order valence-corrected chi connectivity index (χ4v) is 3.62. The lowest BCUT2D eigenvalue weighted by Gasteiger charge is -2.25. The van der Waals surface area contributed by atoms with Gasteiger partial charge in [0, 0.05) is 17.1 Å². The van der Waals surface area contributed by atoms with Crippen LogP contribution in [0.4, 0.5) is 17.1 Å². The number of para-hydroxylation sites is 2. The van der Waals surface area contributed by atoms with Crippen molar-refractivity contribution in [3.05, 3.63) is 132 Å². The van der Waals surface area contributed by atoms with Crippen LogP contribution in [0.15, 0.2) is 121 Å². The predicted molar refractivity (Wildman–Crippen MR) is 140 cm³/mol. The highest BCUT2D eigenvalue weighted by Crippen LogP contribution is 2.34. The van der Waals surface area contributed by atoms with E-state index in [0.29, 0.717) is 16.6 Å². The van der Waals surface area contributed by atoms with Crippen molar-refractivity contribution in [1.29, 1.82) is 5.26 Å². The average molecular weight is 442 g/mol. The molecule has 0 saturated heterocycles. The maximum Gasteiger partial charge on any atom is 0.488 e. The zero-order valence-corrected chi connectivity index (χ0v) is 18.5. The number of rotatable bonds is 7. The van der Waals surface area contributed by atoms with Gasteiger partial charge in [0.05, 0.1) is 11.6 Å². The van der Waals surface area contributed by atoms with Crippen molar-refractivity contribution in [1.82, 2.24) is 0 Å². The van der Waals surface area contributed by atoms with Gasteiger partial charge in [0.25, 0.3) is 0 Å². The standard InChI is InChI=1S/C29H23BN2O2/c31-22-25(24-16-18-26(19-17-24)30(33)34)9-7-8-23-14-20-29(21-15-23)32(27-10-3-1-4-11-27)28-12-5-2-6-13-28/h1-21,33-34H. The van der Waals surface area contributed by atoms with E-state index in [1.807, 2.05) is 60.7 Å². The maximum atomic E-state index is 9.51. The number of nitriles is 1. The van der Waals surface area contributed by atoms with Crippen molar-refractivity contribution in [2.45, 2.75) is 0 Å². The van der Waals surface area contributed by atoms with Crippen LogP contribution in [0.5, 0.6) is 0 Å². The third-order valence-corrected chi connectivity index (χ3v) is 5.37. The number of hydrogen-bond donors (Lipinski definition) is 2. The Bertz CT molecular complexity index is 1270. The molecule has 4 aromatic rings. The van der Waals surface area contributed by atoms with Crippen LogP contribution in [-0.2, 0) is 0 Å². The van der Waals surface area contributed by atoms with Crippen molar-refractivity contribution in [3.63, 3.8) is 0 Å². The van der Waals surface area contributed by atoms with E-state index in [1.165, 1.54) is 0 Å². The van der Waals surface area contributed by atoms with Crippen LogP contribution in [0.25, 0.3) is 11.6 Å². The van der Waals surface area contributed by atoms with Crippen molar-refractivity contribution in [2.75, 3.05) is 4.90 Å². The monoisotopic (exact) mass is 442 g/mol. The minimum atomic E-state index is -1.52. The van der Waals surface area contributed by atoms with Gasteiger partial charge in [0.15, 0.2) is 0 Å². The highest BCUT2D eigenvalue weighted by Gasteiger charge is 2.12. The Morgan fingerprint density at radius 1 is 0.706 bits per heavy atom. The van der Waals surface area contributed by atoms with Crippen LogP contribution in [-0.4, -0.2) is 17.2 Å². The zero-order valence-electron chi connectivity index (χ0n) is 18.5. The number of allylic oxidation sites excluding steroid dienone is 3. The quantitative estimate of drug-likeness (QED) is 0.227. The first-order valence-electron chi connectivity index (χ1n) is 10.9. The molecule has 0 unspecified atom stereocenters. The van der Waals surface area contributed by atoms with Crippen molar-refractivity contribution >= 4 is 41.3 Å². The van der Waals surface area contributed by atoms with Crippen LogP contribution in [0.1, 0.15) is 11.1 Å². The third kappa shape index (κ3) is 5.51. The Hall–Kier alpha value is -4.37. The molecule has 0 aliphatic rings. The van der Waals surface area contributed by atoms with E-state index in [9.17, 15) is 15.3 Å². The molecule has 0 radical (unpaired) electrons. The smallest absolute Gasteiger partial charge is 0.423 e. The molecule has 0 aromatic heterocycles. The molecule has 0 aliphatic heterocycles. The molecule has 0 heterocycles. The summed E-state index contributed by atoms with van der Waals surface area (Å²) < 4.78 is 0. The Labute approximate surface area is 200 Å². The van der Waals surface area contributed by atoms with Crippen LogP contribution in [0.2, 0.25) is 0 Å². The largest absolute Gasteiger partial charge is 0.488 e. The van der Waals surface area contributed by atoms with Crippen LogP contribution >= 0.6 is 0 Å². The Kier molecular flexibility index (Phi) is 7.37. The highest BCUT2D eigenvalue weighted by molar-refractivity contribution is 6.58.